The number of carbonyl (C=O) groups excluding carboxylic acids is 1. The number of hydrogen-bond acceptors (Lipinski definition) is 4. The summed E-state index contributed by atoms with van der Waals surface area (Å²) in [6, 6.07) is 3.82. The normalized spacial score (nSPS) is 21.2. The lowest BCUT2D eigenvalue weighted by Crippen LogP contribution is -2.39. The van der Waals surface area contributed by atoms with Crippen molar-refractivity contribution in [3.63, 3.8) is 0 Å². The van der Waals surface area contributed by atoms with Crippen molar-refractivity contribution in [2.24, 2.45) is 0 Å². The Labute approximate surface area is 127 Å². The highest BCUT2D eigenvalue weighted by Gasteiger charge is 2.30. The summed E-state index contributed by atoms with van der Waals surface area (Å²) in [6.45, 7) is 2.93. The second-order valence-corrected chi connectivity index (χ2v) is 6.20. The summed E-state index contributed by atoms with van der Waals surface area (Å²) in [6.07, 6.45) is 1.20. The summed E-state index contributed by atoms with van der Waals surface area (Å²) in [5.74, 6) is -0.939. The molecule has 0 bridgehead atoms. The van der Waals surface area contributed by atoms with Crippen molar-refractivity contribution in [3.05, 3.63) is 21.9 Å². The van der Waals surface area contributed by atoms with Crippen LogP contribution in [-0.2, 0) is 22.5 Å². The van der Waals surface area contributed by atoms with Crippen LogP contribution in [0.4, 0.5) is 4.79 Å². The Morgan fingerprint density at radius 1 is 1.33 bits per heavy atom. The van der Waals surface area contributed by atoms with Gasteiger partial charge in [0.25, 0.3) is 0 Å². The second kappa shape index (κ2) is 7.42. The quantitative estimate of drug-likeness (QED) is 0.746. The van der Waals surface area contributed by atoms with Gasteiger partial charge in [-0.2, -0.15) is 0 Å². The average molecular weight is 312 g/mol. The van der Waals surface area contributed by atoms with Crippen LogP contribution in [0.25, 0.3) is 0 Å². The van der Waals surface area contributed by atoms with Crippen molar-refractivity contribution in [2.75, 3.05) is 6.54 Å². The van der Waals surface area contributed by atoms with Gasteiger partial charge in [0.15, 0.2) is 6.10 Å². The Morgan fingerprint density at radius 2 is 2.10 bits per heavy atom. The van der Waals surface area contributed by atoms with Crippen LogP contribution in [0.2, 0.25) is 0 Å². The lowest BCUT2D eigenvalue weighted by Gasteiger charge is -2.12. The van der Waals surface area contributed by atoms with Crippen LogP contribution in [0.15, 0.2) is 12.1 Å². The molecule has 1 aromatic heterocycles. The molecule has 2 atom stereocenters. The van der Waals surface area contributed by atoms with Crippen molar-refractivity contribution >= 4 is 23.3 Å². The predicted molar refractivity (Wildman–Crippen MR) is 79.5 cm³/mol. The van der Waals surface area contributed by atoms with Crippen molar-refractivity contribution in [1.82, 2.24) is 10.6 Å². The highest BCUT2D eigenvalue weighted by molar-refractivity contribution is 7.11. The van der Waals surface area contributed by atoms with Crippen LogP contribution in [-0.4, -0.2) is 35.9 Å². The summed E-state index contributed by atoms with van der Waals surface area (Å²) in [7, 11) is 0. The van der Waals surface area contributed by atoms with Gasteiger partial charge in [0.2, 0.25) is 0 Å². The number of thiophene rings is 1. The Hall–Kier alpha value is -1.60. The fourth-order valence-electron chi connectivity index (χ4n) is 2.18. The van der Waals surface area contributed by atoms with Gasteiger partial charge in [-0.15, -0.1) is 11.3 Å². The minimum atomic E-state index is -0.939. The SMILES string of the molecule is CCc1ccc(CNC(=O)NCC2CCC(C(=O)O)O2)s1. The monoisotopic (exact) mass is 312 g/mol. The first kappa shape index (κ1) is 15.8. The van der Waals surface area contributed by atoms with Crippen molar-refractivity contribution < 1.29 is 19.4 Å². The number of carboxylic acid groups (broad SMARTS) is 1. The fourth-order valence-corrected chi connectivity index (χ4v) is 3.08. The third-order valence-electron chi connectivity index (χ3n) is 3.36. The summed E-state index contributed by atoms with van der Waals surface area (Å²) < 4.78 is 5.31. The molecule has 1 aliphatic heterocycles. The fraction of sp³-hybridized carbons (Fsp3) is 0.571. The minimum Gasteiger partial charge on any atom is -0.479 e. The molecule has 21 heavy (non-hydrogen) atoms. The number of aliphatic carboxylic acids is 1. The first-order valence-corrected chi connectivity index (χ1v) is 7.87. The topological polar surface area (TPSA) is 87.7 Å². The predicted octanol–water partition coefficient (Wildman–Crippen LogP) is 1.74. The maximum Gasteiger partial charge on any atom is 0.332 e. The average Bonchev–Trinajstić information content (AvgIpc) is 3.11. The number of nitrogens with one attached hydrogen (secondary N) is 2. The van der Waals surface area contributed by atoms with Gasteiger partial charge in [-0.3, -0.25) is 0 Å². The van der Waals surface area contributed by atoms with Gasteiger partial charge in [-0.05, 0) is 31.4 Å². The first-order chi connectivity index (χ1) is 10.1. The Bertz CT molecular complexity index is 503. The van der Waals surface area contributed by atoms with Gasteiger partial charge < -0.3 is 20.5 Å². The summed E-state index contributed by atoms with van der Waals surface area (Å²) in [4.78, 5) is 24.8. The number of hydrogen-bond donors (Lipinski definition) is 3. The lowest BCUT2D eigenvalue weighted by molar-refractivity contribution is -0.149. The molecule has 2 heterocycles. The van der Waals surface area contributed by atoms with E-state index >= 15 is 0 Å². The van der Waals surface area contributed by atoms with E-state index in [1.54, 1.807) is 11.3 Å². The number of ether oxygens (including phenoxy) is 1. The second-order valence-electron chi connectivity index (χ2n) is 4.95. The summed E-state index contributed by atoms with van der Waals surface area (Å²) in [5.41, 5.74) is 0. The molecule has 2 unspecified atom stereocenters. The molecule has 0 radical (unpaired) electrons. The van der Waals surface area contributed by atoms with Gasteiger partial charge in [0.05, 0.1) is 12.6 Å². The number of aryl methyl sites for hydroxylation is 1. The van der Waals surface area contributed by atoms with Crippen LogP contribution in [0.5, 0.6) is 0 Å². The molecule has 3 N–H and O–H groups in total. The molecular formula is C14H20N2O4S. The van der Waals surface area contributed by atoms with Gasteiger partial charge in [0.1, 0.15) is 0 Å². The highest BCUT2D eigenvalue weighted by atomic mass is 32.1. The minimum absolute atomic E-state index is 0.217. The van der Waals surface area contributed by atoms with Gasteiger partial charge >= 0.3 is 12.0 Å². The van der Waals surface area contributed by atoms with Crippen molar-refractivity contribution in [1.29, 1.82) is 0 Å². The molecule has 0 saturated carbocycles. The van der Waals surface area contributed by atoms with Crippen molar-refractivity contribution in [3.8, 4) is 0 Å². The number of carboxylic acids is 1. The van der Waals surface area contributed by atoms with E-state index in [-0.39, 0.29) is 12.1 Å². The molecule has 1 aromatic rings. The third-order valence-corrected chi connectivity index (χ3v) is 4.59. The van der Waals surface area contributed by atoms with Crippen LogP contribution >= 0.6 is 11.3 Å². The smallest absolute Gasteiger partial charge is 0.332 e. The Balaban J connectivity index is 1.65. The van der Waals surface area contributed by atoms with Crippen molar-refractivity contribution in [2.45, 2.75) is 44.9 Å². The third kappa shape index (κ3) is 4.71. The van der Waals surface area contributed by atoms with E-state index in [9.17, 15) is 9.59 Å². The van der Waals surface area contributed by atoms with Crippen LogP contribution in [0, 0.1) is 0 Å². The Morgan fingerprint density at radius 3 is 2.71 bits per heavy atom. The van der Waals surface area contributed by atoms with E-state index < -0.39 is 12.1 Å². The molecule has 7 heteroatoms. The zero-order chi connectivity index (χ0) is 15.2. The van der Waals surface area contributed by atoms with Crippen LogP contribution in [0.1, 0.15) is 29.5 Å². The molecule has 1 saturated heterocycles. The molecule has 2 amide bonds. The van der Waals surface area contributed by atoms with E-state index in [2.05, 4.69) is 23.6 Å². The van der Waals surface area contributed by atoms with E-state index in [0.29, 0.717) is 25.9 Å². The van der Waals surface area contributed by atoms with E-state index in [1.165, 1.54) is 4.88 Å². The zero-order valence-corrected chi connectivity index (χ0v) is 12.7. The molecule has 0 aliphatic carbocycles. The van der Waals surface area contributed by atoms with E-state index in [4.69, 9.17) is 9.84 Å². The summed E-state index contributed by atoms with van der Waals surface area (Å²) in [5, 5.41) is 14.3. The number of amides is 2. The molecule has 1 fully saturated rings. The van der Waals surface area contributed by atoms with Crippen LogP contribution < -0.4 is 10.6 Å². The zero-order valence-electron chi connectivity index (χ0n) is 11.9. The van der Waals surface area contributed by atoms with Gasteiger partial charge in [0, 0.05) is 16.3 Å². The standard InChI is InChI=1S/C14H20N2O4S/c1-2-10-4-5-11(21-10)8-16-14(19)15-7-9-3-6-12(20-9)13(17)18/h4-5,9,12H,2-3,6-8H2,1H3,(H,17,18)(H2,15,16,19). The maximum atomic E-state index is 11.7. The molecule has 2 rings (SSSR count). The highest BCUT2D eigenvalue weighted by Crippen LogP contribution is 2.19. The maximum absolute atomic E-state index is 11.7. The number of urea groups is 1. The number of carbonyl (C=O) groups is 2. The van der Waals surface area contributed by atoms with E-state index in [1.807, 2.05) is 6.07 Å². The summed E-state index contributed by atoms with van der Waals surface area (Å²) >= 11 is 1.69. The number of rotatable bonds is 6. The van der Waals surface area contributed by atoms with E-state index in [0.717, 1.165) is 11.3 Å². The lowest BCUT2D eigenvalue weighted by atomic mass is 10.2. The first-order valence-electron chi connectivity index (χ1n) is 7.06. The van der Waals surface area contributed by atoms with Gasteiger partial charge in [-0.1, -0.05) is 6.92 Å². The largest absolute Gasteiger partial charge is 0.479 e. The Kier molecular flexibility index (Phi) is 5.58. The molecule has 116 valence electrons. The molecule has 6 nitrogen and oxygen atoms in total. The molecule has 1 aliphatic rings. The van der Waals surface area contributed by atoms with Gasteiger partial charge in [-0.25, -0.2) is 9.59 Å². The molecular weight excluding hydrogens is 292 g/mol. The van der Waals surface area contributed by atoms with Crippen LogP contribution in [0.3, 0.4) is 0 Å². The molecule has 0 spiro atoms. The molecule has 0 aromatic carbocycles.